The first kappa shape index (κ1) is 13.8. The summed E-state index contributed by atoms with van der Waals surface area (Å²) in [5.41, 5.74) is 6.88. The zero-order chi connectivity index (χ0) is 14.8. The number of ether oxygens (including phenoxy) is 3. The van der Waals surface area contributed by atoms with Gasteiger partial charge in [0.05, 0.1) is 0 Å². The zero-order valence-corrected chi connectivity index (χ0v) is 11.4. The quantitative estimate of drug-likeness (QED) is 0.779. The number of nitrogens with zero attached hydrogens (tertiary/aromatic N) is 1. The van der Waals surface area contributed by atoms with Crippen molar-refractivity contribution in [2.24, 2.45) is 5.73 Å². The molecule has 21 heavy (non-hydrogen) atoms. The molecule has 0 bridgehead atoms. The topological polar surface area (TPSA) is 91.1 Å². The zero-order valence-electron chi connectivity index (χ0n) is 11.4. The molecule has 0 radical (unpaired) electrons. The van der Waals surface area contributed by atoms with E-state index in [9.17, 15) is 9.59 Å². The maximum atomic E-state index is 11.7. The highest BCUT2D eigenvalue weighted by Gasteiger charge is 2.28. The maximum Gasteiger partial charge on any atom is 0.255 e. The summed E-state index contributed by atoms with van der Waals surface area (Å²) in [5, 5.41) is 0. The van der Waals surface area contributed by atoms with Crippen LogP contribution in [0.5, 0.6) is 11.5 Å². The molecule has 7 heteroatoms. The van der Waals surface area contributed by atoms with Crippen molar-refractivity contribution in [2.45, 2.75) is 6.04 Å². The SMILES string of the molecule is NC(CN1C(=O)COCC1=O)c1ccc2c(c1)OCCO2. The third-order valence-corrected chi connectivity index (χ3v) is 3.43. The third kappa shape index (κ3) is 2.84. The molecule has 1 aromatic carbocycles. The average molecular weight is 292 g/mol. The summed E-state index contributed by atoms with van der Waals surface area (Å²) in [7, 11) is 0. The normalized spacial score (nSPS) is 19.6. The lowest BCUT2D eigenvalue weighted by atomic mass is 10.1. The van der Waals surface area contributed by atoms with Gasteiger partial charge in [-0.3, -0.25) is 14.5 Å². The molecule has 1 unspecified atom stereocenters. The number of benzene rings is 1. The maximum absolute atomic E-state index is 11.7. The number of imide groups is 1. The monoisotopic (exact) mass is 292 g/mol. The van der Waals surface area contributed by atoms with Gasteiger partial charge in [0.2, 0.25) is 0 Å². The van der Waals surface area contributed by atoms with Crippen LogP contribution >= 0.6 is 0 Å². The molecule has 2 aliphatic heterocycles. The minimum absolute atomic E-state index is 0.0837. The molecule has 2 aliphatic rings. The van der Waals surface area contributed by atoms with Crippen LogP contribution in [0.25, 0.3) is 0 Å². The Morgan fingerprint density at radius 2 is 1.76 bits per heavy atom. The van der Waals surface area contributed by atoms with E-state index < -0.39 is 6.04 Å². The number of nitrogens with two attached hydrogens (primary N) is 1. The Kier molecular flexibility index (Phi) is 3.76. The van der Waals surface area contributed by atoms with Crippen molar-refractivity contribution < 1.29 is 23.8 Å². The molecule has 1 atom stereocenters. The first-order valence-electron chi connectivity index (χ1n) is 6.71. The summed E-state index contributed by atoms with van der Waals surface area (Å²) >= 11 is 0. The molecule has 2 N–H and O–H groups in total. The van der Waals surface area contributed by atoms with Crippen molar-refractivity contribution in [2.75, 3.05) is 33.0 Å². The molecular weight excluding hydrogens is 276 g/mol. The fourth-order valence-corrected chi connectivity index (χ4v) is 2.32. The Morgan fingerprint density at radius 3 is 2.48 bits per heavy atom. The predicted octanol–water partition coefficient (Wildman–Crippen LogP) is -0.157. The van der Waals surface area contributed by atoms with E-state index in [1.54, 1.807) is 12.1 Å². The van der Waals surface area contributed by atoms with E-state index in [1.165, 1.54) is 0 Å². The molecule has 0 saturated carbocycles. The Labute approximate surface area is 121 Å². The minimum Gasteiger partial charge on any atom is -0.486 e. The molecule has 0 aromatic heterocycles. The summed E-state index contributed by atoms with van der Waals surface area (Å²) in [6.45, 7) is 0.973. The standard InChI is InChI=1S/C14H16N2O5/c15-10(6-16-13(17)7-19-8-14(16)18)9-1-2-11-12(5-9)21-4-3-20-11/h1-2,5,10H,3-4,6-8,15H2. The van der Waals surface area contributed by atoms with Gasteiger partial charge < -0.3 is 19.9 Å². The number of rotatable bonds is 3. The van der Waals surface area contributed by atoms with Gasteiger partial charge in [0.25, 0.3) is 11.8 Å². The van der Waals surface area contributed by atoms with E-state index in [2.05, 4.69) is 0 Å². The van der Waals surface area contributed by atoms with Crippen LogP contribution in [0.3, 0.4) is 0 Å². The second-order valence-corrected chi connectivity index (χ2v) is 4.90. The number of fused-ring (bicyclic) bond motifs is 1. The van der Waals surface area contributed by atoms with Crippen LogP contribution in [0.15, 0.2) is 18.2 Å². The molecule has 0 aliphatic carbocycles. The third-order valence-electron chi connectivity index (χ3n) is 3.43. The number of morpholine rings is 1. The van der Waals surface area contributed by atoms with E-state index in [4.69, 9.17) is 19.9 Å². The summed E-state index contributed by atoms with van der Waals surface area (Å²) in [4.78, 5) is 24.5. The van der Waals surface area contributed by atoms with Crippen molar-refractivity contribution in [3.63, 3.8) is 0 Å². The Morgan fingerprint density at radius 1 is 1.10 bits per heavy atom. The first-order valence-corrected chi connectivity index (χ1v) is 6.71. The molecule has 3 rings (SSSR count). The molecule has 2 heterocycles. The van der Waals surface area contributed by atoms with E-state index >= 15 is 0 Å². The average Bonchev–Trinajstić information content (AvgIpc) is 2.50. The van der Waals surface area contributed by atoms with Crippen LogP contribution < -0.4 is 15.2 Å². The molecule has 1 fully saturated rings. The molecule has 1 saturated heterocycles. The fraction of sp³-hybridized carbons (Fsp3) is 0.429. The lowest BCUT2D eigenvalue weighted by molar-refractivity contribution is -0.158. The van der Waals surface area contributed by atoms with Gasteiger partial charge in [-0.1, -0.05) is 6.07 Å². The largest absolute Gasteiger partial charge is 0.486 e. The van der Waals surface area contributed by atoms with Crippen molar-refractivity contribution in [3.05, 3.63) is 23.8 Å². The number of carbonyl (C=O) groups is 2. The van der Waals surface area contributed by atoms with Crippen LogP contribution in [0, 0.1) is 0 Å². The van der Waals surface area contributed by atoms with Gasteiger partial charge >= 0.3 is 0 Å². The van der Waals surface area contributed by atoms with Crippen LogP contribution in [0.4, 0.5) is 0 Å². The molecule has 0 spiro atoms. The van der Waals surface area contributed by atoms with Crippen molar-refractivity contribution in [3.8, 4) is 11.5 Å². The molecular formula is C14H16N2O5. The Bertz CT molecular complexity index is 558. The Balaban J connectivity index is 1.74. The van der Waals surface area contributed by atoms with Crippen LogP contribution in [0.1, 0.15) is 11.6 Å². The summed E-state index contributed by atoms with van der Waals surface area (Å²) < 4.78 is 15.8. The first-order chi connectivity index (χ1) is 10.1. The minimum atomic E-state index is -0.480. The second-order valence-electron chi connectivity index (χ2n) is 4.90. The summed E-state index contributed by atoms with van der Waals surface area (Å²) in [6.07, 6.45) is 0. The van der Waals surface area contributed by atoms with Gasteiger partial charge in [-0.15, -0.1) is 0 Å². The lowest BCUT2D eigenvalue weighted by Gasteiger charge is -2.28. The van der Waals surface area contributed by atoms with Gasteiger partial charge in [0.15, 0.2) is 11.5 Å². The molecule has 1 aromatic rings. The van der Waals surface area contributed by atoms with E-state index in [1.807, 2.05) is 6.07 Å². The van der Waals surface area contributed by atoms with Crippen molar-refractivity contribution in [1.29, 1.82) is 0 Å². The van der Waals surface area contributed by atoms with Gasteiger partial charge in [0.1, 0.15) is 26.4 Å². The smallest absolute Gasteiger partial charge is 0.255 e. The highest BCUT2D eigenvalue weighted by atomic mass is 16.6. The van der Waals surface area contributed by atoms with E-state index in [0.717, 1.165) is 10.5 Å². The number of amides is 2. The summed E-state index contributed by atoms with van der Waals surface area (Å²) in [6, 6.07) is 4.90. The number of hydrogen-bond acceptors (Lipinski definition) is 6. The lowest BCUT2D eigenvalue weighted by Crippen LogP contribution is -2.48. The van der Waals surface area contributed by atoms with Crippen LogP contribution in [-0.2, 0) is 14.3 Å². The molecule has 112 valence electrons. The van der Waals surface area contributed by atoms with Crippen LogP contribution in [0.2, 0.25) is 0 Å². The predicted molar refractivity (Wildman–Crippen MR) is 71.9 cm³/mol. The molecule has 2 amide bonds. The highest BCUT2D eigenvalue weighted by Crippen LogP contribution is 2.32. The fourth-order valence-electron chi connectivity index (χ4n) is 2.32. The Hall–Kier alpha value is -2.12. The van der Waals surface area contributed by atoms with Gasteiger partial charge in [0, 0.05) is 12.6 Å². The van der Waals surface area contributed by atoms with Crippen molar-refractivity contribution in [1.82, 2.24) is 4.90 Å². The number of carbonyl (C=O) groups excluding carboxylic acids is 2. The second kappa shape index (κ2) is 5.71. The molecule has 7 nitrogen and oxygen atoms in total. The number of hydrogen-bond donors (Lipinski definition) is 1. The van der Waals surface area contributed by atoms with Gasteiger partial charge in [-0.2, -0.15) is 0 Å². The van der Waals surface area contributed by atoms with Crippen LogP contribution in [-0.4, -0.2) is 49.7 Å². The van der Waals surface area contributed by atoms with Gasteiger partial charge in [-0.05, 0) is 17.7 Å². The van der Waals surface area contributed by atoms with E-state index in [0.29, 0.717) is 24.7 Å². The van der Waals surface area contributed by atoms with Gasteiger partial charge in [-0.25, -0.2) is 0 Å². The van der Waals surface area contributed by atoms with E-state index in [-0.39, 0.29) is 31.6 Å². The summed E-state index contributed by atoms with van der Waals surface area (Å²) in [5.74, 6) is 0.586. The highest BCUT2D eigenvalue weighted by molar-refractivity contribution is 5.98. The van der Waals surface area contributed by atoms with Crippen molar-refractivity contribution >= 4 is 11.8 Å².